The van der Waals surface area contributed by atoms with Crippen molar-refractivity contribution in [1.82, 2.24) is 5.32 Å². The highest BCUT2D eigenvalue weighted by atomic mass is 35.5. The Morgan fingerprint density at radius 2 is 1.87 bits per heavy atom. The van der Waals surface area contributed by atoms with Gasteiger partial charge < -0.3 is 10.6 Å². The Kier molecular flexibility index (Phi) is 7.99. The van der Waals surface area contributed by atoms with Crippen LogP contribution in [0, 0.1) is 11.8 Å². The molecule has 3 rings (SSSR count). The van der Waals surface area contributed by atoms with E-state index in [0.717, 1.165) is 11.5 Å². The van der Waals surface area contributed by atoms with Gasteiger partial charge in [0.05, 0.1) is 21.5 Å². The third-order valence-electron chi connectivity index (χ3n) is 4.96. The van der Waals surface area contributed by atoms with Gasteiger partial charge in [0.25, 0.3) is 5.91 Å². The molecule has 1 heterocycles. The van der Waals surface area contributed by atoms with E-state index in [9.17, 15) is 9.59 Å². The zero-order valence-corrected chi connectivity index (χ0v) is 21.0. The van der Waals surface area contributed by atoms with Gasteiger partial charge in [-0.25, -0.2) is 0 Å². The lowest BCUT2D eigenvalue weighted by Gasteiger charge is -2.26. The van der Waals surface area contributed by atoms with Crippen molar-refractivity contribution < 1.29 is 9.59 Å². The number of benzene rings is 1. The van der Waals surface area contributed by atoms with Gasteiger partial charge in [0.1, 0.15) is 4.33 Å². The molecule has 2 N–H and O–H groups in total. The van der Waals surface area contributed by atoms with Crippen LogP contribution in [0.4, 0.5) is 5.69 Å². The van der Waals surface area contributed by atoms with Crippen LogP contribution in [0.1, 0.15) is 17.3 Å². The maximum Gasteiger partial charge on any atom is 0.253 e. The van der Waals surface area contributed by atoms with Crippen molar-refractivity contribution in [3.63, 3.8) is 0 Å². The van der Waals surface area contributed by atoms with E-state index < -0.39 is 16.2 Å². The van der Waals surface area contributed by atoms with Crippen molar-refractivity contribution in [2.75, 3.05) is 16.8 Å². The molecule has 2 amide bonds. The number of carbonyl (C=O) groups is 2. The monoisotopic (exact) mass is 538 g/mol. The third kappa shape index (κ3) is 5.76. The summed E-state index contributed by atoms with van der Waals surface area (Å²) in [6, 6.07) is 4.84. The summed E-state index contributed by atoms with van der Waals surface area (Å²) in [4.78, 5) is 25.3. The fourth-order valence-electron chi connectivity index (χ4n) is 3.09. The highest BCUT2D eigenvalue weighted by Gasteiger charge is 2.67. The third-order valence-corrected chi connectivity index (χ3v) is 8.22. The quantitative estimate of drug-likeness (QED) is 0.312. The molecule has 1 saturated heterocycles. The topological polar surface area (TPSA) is 58.2 Å². The minimum atomic E-state index is -1.30. The summed E-state index contributed by atoms with van der Waals surface area (Å²) < 4.78 is -1.30. The van der Waals surface area contributed by atoms with Crippen molar-refractivity contribution in [3.05, 3.63) is 63.2 Å². The summed E-state index contributed by atoms with van der Waals surface area (Å²) >= 11 is 32.4. The van der Waals surface area contributed by atoms with E-state index in [1.807, 2.05) is 0 Å². The Hall–Kier alpha value is -0.820. The number of rotatable bonds is 7. The van der Waals surface area contributed by atoms with Crippen molar-refractivity contribution in [3.8, 4) is 0 Å². The van der Waals surface area contributed by atoms with E-state index in [0.29, 0.717) is 26.3 Å². The number of amides is 2. The van der Waals surface area contributed by atoms with E-state index in [2.05, 4.69) is 17.2 Å². The summed E-state index contributed by atoms with van der Waals surface area (Å²) in [5.74, 6) is -0.118. The number of nitrogens with one attached hydrogen (secondary N) is 2. The molecule has 10 heteroatoms. The number of thioether (sulfide) groups is 1. The number of hydrogen-bond acceptors (Lipinski definition) is 3. The molecule has 1 aliphatic heterocycles. The van der Waals surface area contributed by atoms with E-state index in [-0.39, 0.29) is 23.4 Å². The van der Waals surface area contributed by atoms with Crippen LogP contribution in [0.25, 0.3) is 0 Å². The number of carbonyl (C=O) groups excluding carboxylic acids is 2. The van der Waals surface area contributed by atoms with Gasteiger partial charge in [-0.1, -0.05) is 47.5 Å². The van der Waals surface area contributed by atoms with Crippen molar-refractivity contribution in [2.24, 2.45) is 11.8 Å². The van der Waals surface area contributed by atoms with Crippen LogP contribution in [0.15, 0.2) is 52.6 Å². The van der Waals surface area contributed by atoms with Crippen LogP contribution >= 0.6 is 69.8 Å². The molecule has 2 unspecified atom stereocenters. The van der Waals surface area contributed by atoms with Crippen LogP contribution < -0.4 is 10.6 Å². The van der Waals surface area contributed by atoms with Crippen molar-refractivity contribution in [2.45, 2.75) is 17.3 Å². The molecular formula is C21H19Cl5N2O2S. The van der Waals surface area contributed by atoms with Crippen LogP contribution in [-0.4, -0.2) is 33.7 Å². The van der Waals surface area contributed by atoms with Gasteiger partial charge >= 0.3 is 0 Å². The average Bonchev–Trinajstić information content (AvgIpc) is 3.26. The Balaban J connectivity index is 1.68. The smallest absolute Gasteiger partial charge is 0.253 e. The first-order chi connectivity index (χ1) is 14.5. The van der Waals surface area contributed by atoms with Crippen LogP contribution in [0.3, 0.4) is 0 Å². The number of alkyl halides is 2. The minimum absolute atomic E-state index is 0.136. The van der Waals surface area contributed by atoms with Crippen molar-refractivity contribution >= 4 is 87.3 Å². The number of anilines is 1. The lowest BCUT2D eigenvalue weighted by molar-refractivity contribution is -0.117. The summed E-state index contributed by atoms with van der Waals surface area (Å²) in [5, 5.41) is 6.75. The highest BCUT2D eigenvalue weighted by Crippen LogP contribution is 2.62. The maximum atomic E-state index is 12.8. The first kappa shape index (κ1) is 24.8. The molecule has 2 fully saturated rings. The molecule has 166 valence electrons. The standard InChI is InChI=1S/C21H19Cl5N2O2S/c1-10(3-5-15(23)11(2)22)17-18(21(17,25)26)20(30)27-12-4-6-16(24)14(7-12)19(29)28-13-8-31-9-13/h3-7,13,17-18H,1,8-9H2,2H3,(H,27,30)(H,28,29)/b5-3-,15-11-. The molecule has 2 atom stereocenters. The molecule has 1 aliphatic carbocycles. The second-order valence-electron chi connectivity index (χ2n) is 7.31. The zero-order valence-electron chi connectivity index (χ0n) is 16.4. The fourth-order valence-corrected chi connectivity index (χ4v) is 4.92. The first-order valence-electron chi connectivity index (χ1n) is 9.28. The van der Waals surface area contributed by atoms with E-state index in [4.69, 9.17) is 58.0 Å². The molecule has 31 heavy (non-hydrogen) atoms. The molecular weight excluding hydrogens is 522 g/mol. The van der Waals surface area contributed by atoms with Crippen LogP contribution in [0.5, 0.6) is 0 Å². The van der Waals surface area contributed by atoms with Crippen LogP contribution in [-0.2, 0) is 4.79 Å². The highest BCUT2D eigenvalue weighted by molar-refractivity contribution is 8.00. The van der Waals surface area contributed by atoms with Gasteiger partial charge in [-0.2, -0.15) is 11.8 Å². The predicted molar refractivity (Wildman–Crippen MR) is 133 cm³/mol. The molecule has 4 nitrogen and oxygen atoms in total. The lowest BCUT2D eigenvalue weighted by Crippen LogP contribution is -2.43. The molecule has 1 saturated carbocycles. The van der Waals surface area contributed by atoms with Gasteiger partial charge in [-0.15, -0.1) is 23.2 Å². The molecule has 2 aliphatic rings. The summed E-state index contributed by atoms with van der Waals surface area (Å²) in [6.45, 7) is 5.60. The average molecular weight is 541 g/mol. The van der Waals surface area contributed by atoms with Gasteiger partial charge in [0.2, 0.25) is 5.91 Å². The second-order valence-corrected chi connectivity index (χ2v) is 11.2. The largest absolute Gasteiger partial charge is 0.348 e. The molecule has 0 radical (unpaired) electrons. The van der Waals surface area contributed by atoms with Gasteiger partial charge in [0.15, 0.2) is 0 Å². The predicted octanol–water partition coefficient (Wildman–Crippen LogP) is 6.37. The SMILES string of the molecule is C=C(/C=C\C(Cl)=C(/C)Cl)C1C(C(=O)Nc2ccc(Cl)c(C(=O)NC3CSC3)c2)C1(Cl)Cl. The van der Waals surface area contributed by atoms with E-state index in [1.165, 1.54) is 6.07 Å². The van der Waals surface area contributed by atoms with Gasteiger partial charge in [-0.05, 0) is 36.8 Å². The molecule has 1 aromatic rings. The summed E-state index contributed by atoms with van der Waals surface area (Å²) in [5.41, 5.74) is 1.26. The summed E-state index contributed by atoms with van der Waals surface area (Å²) in [7, 11) is 0. The Morgan fingerprint density at radius 3 is 2.45 bits per heavy atom. The van der Waals surface area contributed by atoms with E-state index in [1.54, 1.807) is 43.0 Å². The Bertz CT molecular complexity index is 984. The lowest BCUT2D eigenvalue weighted by atomic mass is 10.1. The number of allylic oxidation sites excluding steroid dienone is 5. The Morgan fingerprint density at radius 1 is 1.19 bits per heavy atom. The van der Waals surface area contributed by atoms with Crippen molar-refractivity contribution in [1.29, 1.82) is 0 Å². The molecule has 0 spiro atoms. The maximum absolute atomic E-state index is 12.8. The second kappa shape index (κ2) is 9.98. The minimum Gasteiger partial charge on any atom is -0.348 e. The Labute approximate surface area is 210 Å². The molecule has 0 bridgehead atoms. The zero-order chi connectivity index (χ0) is 22.9. The fraction of sp³-hybridized carbons (Fsp3) is 0.333. The van der Waals surface area contributed by atoms with E-state index >= 15 is 0 Å². The van der Waals surface area contributed by atoms with Crippen LogP contribution in [0.2, 0.25) is 5.02 Å². The van der Waals surface area contributed by atoms with Gasteiger partial charge in [0, 0.05) is 34.2 Å². The number of hydrogen-bond donors (Lipinski definition) is 2. The first-order valence-corrected chi connectivity index (χ1v) is 12.3. The summed E-state index contributed by atoms with van der Waals surface area (Å²) in [6.07, 6.45) is 3.21. The number of halogens is 5. The molecule has 0 aromatic heterocycles. The van der Waals surface area contributed by atoms with Gasteiger partial charge in [-0.3, -0.25) is 9.59 Å². The normalized spacial score (nSPS) is 23.0. The molecule has 1 aromatic carbocycles.